The predicted octanol–water partition coefficient (Wildman–Crippen LogP) is 2.24. The summed E-state index contributed by atoms with van der Waals surface area (Å²) in [5, 5.41) is 3.34. The van der Waals surface area contributed by atoms with Crippen molar-refractivity contribution in [1.82, 2.24) is 10.2 Å². The van der Waals surface area contributed by atoms with Crippen LogP contribution in [0, 0.1) is 6.92 Å². The number of aryl methyl sites for hydroxylation is 1. The molecule has 1 aliphatic heterocycles. The maximum absolute atomic E-state index is 12.3. The molecule has 2 rings (SSSR count). The zero-order valence-electron chi connectivity index (χ0n) is 11.0. The van der Waals surface area contributed by atoms with E-state index >= 15 is 0 Å². The molecule has 100 valence electrons. The van der Waals surface area contributed by atoms with E-state index in [9.17, 15) is 4.79 Å². The van der Waals surface area contributed by atoms with Crippen molar-refractivity contribution in [3.8, 4) is 0 Å². The standard InChI is InChI=1S/C14H20N2O.ClH/c1-11-5-7-12(8-6-11)14(17)16(2)13-4-3-9-15-10-13;/h5-8,13,15H,3-4,9-10H2,1-2H3;1H. The third kappa shape index (κ3) is 3.47. The van der Waals surface area contributed by atoms with Gasteiger partial charge in [0.05, 0.1) is 0 Å². The van der Waals surface area contributed by atoms with Gasteiger partial charge in [-0.2, -0.15) is 0 Å². The fourth-order valence-electron chi connectivity index (χ4n) is 2.23. The summed E-state index contributed by atoms with van der Waals surface area (Å²) in [5.74, 6) is 0.124. The van der Waals surface area contributed by atoms with Gasteiger partial charge in [0.25, 0.3) is 5.91 Å². The predicted molar refractivity (Wildman–Crippen MR) is 76.4 cm³/mol. The molecule has 0 aliphatic carbocycles. The number of rotatable bonds is 2. The molecule has 1 aromatic carbocycles. The van der Waals surface area contributed by atoms with Crippen LogP contribution < -0.4 is 5.32 Å². The Labute approximate surface area is 115 Å². The summed E-state index contributed by atoms with van der Waals surface area (Å²) < 4.78 is 0. The van der Waals surface area contributed by atoms with Crippen molar-refractivity contribution in [2.75, 3.05) is 20.1 Å². The van der Waals surface area contributed by atoms with Crippen LogP contribution in [0.1, 0.15) is 28.8 Å². The number of halogens is 1. The highest BCUT2D eigenvalue weighted by molar-refractivity contribution is 5.94. The first kappa shape index (κ1) is 15.0. The van der Waals surface area contributed by atoms with Gasteiger partial charge < -0.3 is 10.2 Å². The van der Waals surface area contributed by atoms with Crippen molar-refractivity contribution >= 4 is 18.3 Å². The normalized spacial score (nSPS) is 18.9. The number of likely N-dealkylation sites (N-methyl/N-ethyl adjacent to an activating group) is 1. The zero-order chi connectivity index (χ0) is 12.3. The highest BCUT2D eigenvalue weighted by atomic mass is 35.5. The van der Waals surface area contributed by atoms with Gasteiger partial charge in [-0.05, 0) is 38.4 Å². The first-order valence-corrected chi connectivity index (χ1v) is 6.23. The Kier molecular flexibility index (Phi) is 5.63. The summed E-state index contributed by atoms with van der Waals surface area (Å²) in [7, 11) is 1.90. The summed E-state index contributed by atoms with van der Waals surface area (Å²) in [6, 6.07) is 8.12. The van der Waals surface area contributed by atoms with E-state index < -0.39 is 0 Å². The smallest absolute Gasteiger partial charge is 0.253 e. The summed E-state index contributed by atoms with van der Waals surface area (Å²) in [4.78, 5) is 14.1. The van der Waals surface area contributed by atoms with Crippen molar-refractivity contribution in [1.29, 1.82) is 0 Å². The van der Waals surface area contributed by atoms with E-state index in [1.807, 2.05) is 43.1 Å². The number of carbonyl (C=O) groups excluding carboxylic acids is 1. The molecule has 4 heteroatoms. The molecule has 3 nitrogen and oxygen atoms in total. The largest absolute Gasteiger partial charge is 0.337 e. The molecule has 0 bridgehead atoms. The third-order valence-electron chi connectivity index (χ3n) is 3.44. The molecule has 1 saturated heterocycles. The van der Waals surface area contributed by atoms with Crippen LogP contribution in [-0.2, 0) is 0 Å². The highest BCUT2D eigenvalue weighted by Gasteiger charge is 2.22. The molecule has 1 aromatic rings. The van der Waals surface area contributed by atoms with E-state index in [1.165, 1.54) is 5.56 Å². The highest BCUT2D eigenvalue weighted by Crippen LogP contribution is 2.13. The van der Waals surface area contributed by atoms with E-state index in [0.29, 0.717) is 6.04 Å². The van der Waals surface area contributed by atoms with Crippen molar-refractivity contribution in [3.05, 3.63) is 35.4 Å². The number of amides is 1. The second-order valence-electron chi connectivity index (χ2n) is 4.78. The lowest BCUT2D eigenvalue weighted by molar-refractivity contribution is 0.0708. The molecule has 0 spiro atoms. The molecular weight excluding hydrogens is 248 g/mol. The van der Waals surface area contributed by atoms with Gasteiger partial charge in [0.15, 0.2) is 0 Å². The third-order valence-corrected chi connectivity index (χ3v) is 3.44. The Hall–Kier alpha value is -1.06. The van der Waals surface area contributed by atoms with Crippen molar-refractivity contribution in [2.24, 2.45) is 0 Å². The first-order chi connectivity index (χ1) is 8.18. The van der Waals surface area contributed by atoms with Gasteiger partial charge >= 0.3 is 0 Å². The van der Waals surface area contributed by atoms with Gasteiger partial charge in [-0.15, -0.1) is 12.4 Å². The molecule has 1 heterocycles. The molecule has 0 radical (unpaired) electrons. The lowest BCUT2D eigenvalue weighted by Gasteiger charge is -2.31. The Morgan fingerprint density at radius 2 is 2.00 bits per heavy atom. The quantitative estimate of drug-likeness (QED) is 0.892. The first-order valence-electron chi connectivity index (χ1n) is 6.23. The molecule has 1 fully saturated rings. The van der Waals surface area contributed by atoms with Gasteiger partial charge in [-0.3, -0.25) is 4.79 Å². The molecule has 1 atom stereocenters. The maximum Gasteiger partial charge on any atom is 0.253 e. The average molecular weight is 269 g/mol. The van der Waals surface area contributed by atoms with Gasteiger partial charge in [0.1, 0.15) is 0 Å². The second kappa shape index (κ2) is 6.76. The molecule has 0 saturated carbocycles. The molecule has 1 aliphatic rings. The topological polar surface area (TPSA) is 32.3 Å². The minimum Gasteiger partial charge on any atom is -0.337 e. The van der Waals surface area contributed by atoms with E-state index in [4.69, 9.17) is 0 Å². The number of nitrogens with one attached hydrogen (secondary N) is 1. The van der Waals surface area contributed by atoms with Crippen molar-refractivity contribution in [3.63, 3.8) is 0 Å². The minimum absolute atomic E-state index is 0. The molecule has 0 aromatic heterocycles. The lowest BCUT2D eigenvalue weighted by atomic mass is 10.0. The van der Waals surface area contributed by atoms with E-state index in [2.05, 4.69) is 5.32 Å². The van der Waals surface area contributed by atoms with Gasteiger partial charge in [0.2, 0.25) is 0 Å². The van der Waals surface area contributed by atoms with Crippen molar-refractivity contribution < 1.29 is 4.79 Å². The molecule has 18 heavy (non-hydrogen) atoms. The fourth-order valence-corrected chi connectivity index (χ4v) is 2.23. The monoisotopic (exact) mass is 268 g/mol. The molecule has 1 N–H and O–H groups in total. The van der Waals surface area contributed by atoms with Gasteiger partial charge in [0, 0.05) is 25.2 Å². The van der Waals surface area contributed by atoms with Crippen LogP contribution in [0.25, 0.3) is 0 Å². The molecular formula is C14H21ClN2O. The summed E-state index contributed by atoms with van der Waals surface area (Å²) in [5.41, 5.74) is 1.97. The number of hydrogen-bond acceptors (Lipinski definition) is 2. The zero-order valence-corrected chi connectivity index (χ0v) is 11.8. The number of piperidine rings is 1. The Bertz CT molecular complexity index is 385. The number of nitrogens with zero attached hydrogens (tertiary/aromatic N) is 1. The van der Waals surface area contributed by atoms with Crippen molar-refractivity contribution in [2.45, 2.75) is 25.8 Å². The molecule has 1 unspecified atom stereocenters. The molecule has 1 amide bonds. The van der Waals surface area contributed by atoms with Crippen LogP contribution in [0.15, 0.2) is 24.3 Å². The van der Waals surface area contributed by atoms with Gasteiger partial charge in [-0.1, -0.05) is 17.7 Å². The Morgan fingerprint density at radius 3 is 2.56 bits per heavy atom. The summed E-state index contributed by atoms with van der Waals surface area (Å²) >= 11 is 0. The van der Waals surface area contributed by atoms with E-state index in [0.717, 1.165) is 31.5 Å². The van der Waals surface area contributed by atoms with Crippen LogP contribution in [0.2, 0.25) is 0 Å². The average Bonchev–Trinajstić information content (AvgIpc) is 2.39. The fraction of sp³-hybridized carbons (Fsp3) is 0.500. The number of carbonyl (C=O) groups is 1. The van der Waals surface area contributed by atoms with E-state index in [1.54, 1.807) is 0 Å². The van der Waals surface area contributed by atoms with Crippen LogP contribution in [-0.4, -0.2) is 37.0 Å². The summed E-state index contributed by atoms with van der Waals surface area (Å²) in [6.07, 6.45) is 2.25. The number of hydrogen-bond donors (Lipinski definition) is 1. The SMILES string of the molecule is Cc1ccc(C(=O)N(C)C2CCCNC2)cc1.Cl. The number of benzene rings is 1. The maximum atomic E-state index is 12.3. The summed E-state index contributed by atoms with van der Waals surface area (Å²) in [6.45, 7) is 4.01. The van der Waals surface area contributed by atoms with Crippen LogP contribution in [0.3, 0.4) is 0 Å². The Balaban J connectivity index is 0.00000162. The van der Waals surface area contributed by atoms with Crippen LogP contribution >= 0.6 is 12.4 Å². The van der Waals surface area contributed by atoms with E-state index in [-0.39, 0.29) is 18.3 Å². The second-order valence-corrected chi connectivity index (χ2v) is 4.78. The lowest BCUT2D eigenvalue weighted by Crippen LogP contribution is -2.46. The van der Waals surface area contributed by atoms with Crippen LogP contribution in [0.4, 0.5) is 0 Å². The minimum atomic E-state index is 0. The van der Waals surface area contributed by atoms with Gasteiger partial charge in [-0.25, -0.2) is 0 Å². The Morgan fingerprint density at radius 1 is 1.33 bits per heavy atom. The van der Waals surface area contributed by atoms with Crippen LogP contribution in [0.5, 0.6) is 0 Å².